The summed E-state index contributed by atoms with van der Waals surface area (Å²) in [6.07, 6.45) is 5.67. The van der Waals surface area contributed by atoms with Gasteiger partial charge < -0.3 is 9.88 Å². The molecule has 1 aromatic heterocycles. The molecule has 5 heteroatoms. The number of anilines is 2. The topological polar surface area (TPSA) is 29.9 Å². The van der Waals surface area contributed by atoms with Crippen LogP contribution in [0.1, 0.15) is 19.8 Å². The molecule has 2 rings (SSSR count). The zero-order valence-corrected chi connectivity index (χ0v) is 10.2. The van der Waals surface area contributed by atoms with Gasteiger partial charge >= 0.3 is 0 Å². The van der Waals surface area contributed by atoms with E-state index in [4.69, 9.17) is 0 Å². The number of halogens is 2. The minimum Gasteiger partial charge on any atom is -0.326 e. The maximum atomic E-state index is 13.1. The molecule has 96 valence electrons. The Morgan fingerprint density at radius 1 is 1.28 bits per heavy atom. The Labute approximate surface area is 104 Å². The predicted molar refractivity (Wildman–Crippen MR) is 66.8 cm³/mol. The average molecular weight is 251 g/mol. The summed E-state index contributed by atoms with van der Waals surface area (Å²) in [6.45, 7) is 2.96. The van der Waals surface area contributed by atoms with Gasteiger partial charge in [0.15, 0.2) is 11.6 Å². The lowest BCUT2D eigenvalue weighted by atomic mass is 10.3. The number of nitrogens with zero attached hydrogens (tertiary/aromatic N) is 2. The molecule has 0 aliphatic rings. The standard InChI is InChI=1S/C13H15F2N3/c1-2-3-7-18-8-6-16-13(18)17-10-4-5-11(14)12(15)9-10/h4-6,8-9H,2-3,7H2,1H3,(H,16,17). The molecule has 3 nitrogen and oxygen atoms in total. The summed E-state index contributed by atoms with van der Waals surface area (Å²) in [5.74, 6) is -1.09. The maximum absolute atomic E-state index is 13.1. The summed E-state index contributed by atoms with van der Waals surface area (Å²) in [5, 5.41) is 2.97. The van der Waals surface area contributed by atoms with Gasteiger partial charge in [-0.15, -0.1) is 0 Å². The van der Waals surface area contributed by atoms with Crippen molar-refractivity contribution in [2.24, 2.45) is 0 Å². The zero-order valence-electron chi connectivity index (χ0n) is 10.2. The van der Waals surface area contributed by atoms with E-state index >= 15 is 0 Å². The predicted octanol–water partition coefficient (Wildman–Crippen LogP) is 3.71. The Hall–Kier alpha value is -1.91. The second-order valence-electron chi connectivity index (χ2n) is 4.05. The van der Waals surface area contributed by atoms with Crippen molar-refractivity contribution in [1.82, 2.24) is 9.55 Å². The molecule has 1 aromatic carbocycles. The number of aryl methyl sites for hydroxylation is 1. The second kappa shape index (κ2) is 5.62. The third-order valence-electron chi connectivity index (χ3n) is 2.64. The van der Waals surface area contributed by atoms with E-state index in [9.17, 15) is 8.78 Å². The van der Waals surface area contributed by atoms with Crippen molar-refractivity contribution in [2.45, 2.75) is 26.3 Å². The fourth-order valence-electron chi connectivity index (χ4n) is 1.65. The molecule has 0 atom stereocenters. The number of aromatic nitrogens is 2. The average Bonchev–Trinajstić information content (AvgIpc) is 2.79. The van der Waals surface area contributed by atoms with E-state index in [1.807, 2.05) is 10.8 Å². The highest BCUT2D eigenvalue weighted by Gasteiger charge is 2.06. The lowest BCUT2D eigenvalue weighted by Gasteiger charge is -2.09. The first-order valence-electron chi connectivity index (χ1n) is 5.94. The van der Waals surface area contributed by atoms with Crippen LogP contribution in [0, 0.1) is 11.6 Å². The molecular weight excluding hydrogens is 236 g/mol. The summed E-state index contributed by atoms with van der Waals surface area (Å²) in [7, 11) is 0. The van der Waals surface area contributed by atoms with E-state index in [0.29, 0.717) is 11.6 Å². The maximum Gasteiger partial charge on any atom is 0.207 e. The molecule has 0 unspecified atom stereocenters. The van der Waals surface area contributed by atoms with Crippen molar-refractivity contribution in [3.8, 4) is 0 Å². The van der Waals surface area contributed by atoms with Gasteiger partial charge in [-0.05, 0) is 18.6 Å². The monoisotopic (exact) mass is 251 g/mol. The summed E-state index contributed by atoms with van der Waals surface area (Å²) in [5.41, 5.74) is 0.484. The molecule has 0 fully saturated rings. The highest BCUT2D eigenvalue weighted by atomic mass is 19.2. The first kappa shape index (κ1) is 12.5. The molecular formula is C13H15F2N3. The fourth-order valence-corrected chi connectivity index (χ4v) is 1.65. The summed E-state index contributed by atoms with van der Waals surface area (Å²) < 4.78 is 27.8. The van der Waals surface area contributed by atoms with E-state index in [2.05, 4.69) is 17.2 Å². The smallest absolute Gasteiger partial charge is 0.207 e. The lowest BCUT2D eigenvalue weighted by Crippen LogP contribution is -2.03. The van der Waals surface area contributed by atoms with E-state index in [1.165, 1.54) is 6.07 Å². The molecule has 1 N–H and O–H groups in total. The van der Waals surface area contributed by atoms with Gasteiger partial charge in [-0.25, -0.2) is 13.8 Å². The van der Waals surface area contributed by atoms with Crippen molar-refractivity contribution >= 4 is 11.6 Å². The van der Waals surface area contributed by atoms with E-state index in [-0.39, 0.29) is 0 Å². The summed E-state index contributed by atoms with van der Waals surface area (Å²) in [4.78, 5) is 4.15. The Kier molecular flexibility index (Phi) is 3.92. The van der Waals surface area contributed by atoms with E-state index in [0.717, 1.165) is 31.5 Å². The molecule has 0 saturated heterocycles. The third-order valence-corrected chi connectivity index (χ3v) is 2.64. The SMILES string of the molecule is CCCCn1ccnc1Nc1ccc(F)c(F)c1. The number of unbranched alkanes of at least 4 members (excludes halogenated alkanes) is 1. The van der Waals surface area contributed by atoms with Gasteiger partial charge in [-0.2, -0.15) is 0 Å². The second-order valence-corrected chi connectivity index (χ2v) is 4.05. The van der Waals surface area contributed by atoms with Crippen LogP contribution in [0.5, 0.6) is 0 Å². The van der Waals surface area contributed by atoms with Gasteiger partial charge in [-0.3, -0.25) is 0 Å². The highest BCUT2D eigenvalue weighted by molar-refractivity contribution is 5.53. The van der Waals surface area contributed by atoms with Gasteiger partial charge in [0, 0.05) is 30.7 Å². The Morgan fingerprint density at radius 2 is 2.11 bits per heavy atom. The van der Waals surface area contributed by atoms with Crippen LogP contribution in [0.25, 0.3) is 0 Å². The molecule has 0 bridgehead atoms. The van der Waals surface area contributed by atoms with Crippen molar-refractivity contribution in [1.29, 1.82) is 0 Å². The number of nitrogens with one attached hydrogen (secondary N) is 1. The molecule has 0 amide bonds. The number of imidazole rings is 1. The van der Waals surface area contributed by atoms with Crippen LogP contribution in [0.3, 0.4) is 0 Å². The largest absolute Gasteiger partial charge is 0.326 e. The Balaban J connectivity index is 2.13. The van der Waals surface area contributed by atoms with Crippen molar-refractivity contribution in [3.63, 3.8) is 0 Å². The van der Waals surface area contributed by atoms with Crippen LogP contribution in [0.2, 0.25) is 0 Å². The number of hydrogen-bond acceptors (Lipinski definition) is 2. The molecule has 18 heavy (non-hydrogen) atoms. The van der Waals surface area contributed by atoms with Gasteiger partial charge in [0.25, 0.3) is 0 Å². The number of rotatable bonds is 5. The van der Waals surface area contributed by atoms with Crippen molar-refractivity contribution in [3.05, 3.63) is 42.2 Å². The van der Waals surface area contributed by atoms with Crippen molar-refractivity contribution < 1.29 is 8.78 Å². The first-order valence-corrected chi connectivity index (χ1v) is 5.94. The number of benzene rings is 1. The zero-order chi connectivity index (χ0) is 13.0. The first-order chi connectivity index (χ1) is 8.70. The van der Waals surface area contributed by atoms with Crippen LogP contribution >= 0.6 is 0 Å². The van der Waals surface area contributed by atoms with Gasteiger partial charge in [0.1, 0.15) is 0 Å². The van der Waals surface area contributed by atoms with Crippen LogP contribution in [0.4, 0.5) is 20.4 Å². The highest BCUT2D eigenvalue weighted by Crippen LogP contribution is 2.18. The molecule has 1 heterocycles. The van der Waals surface area contributed by atoms with Gasteiger partial charge in [0.2, 0.25) is 5.95 Å². The van der Waals surface area contributed by atoms with Crippen LogP contribution in [0.15, 0.2) is 30.6 Å². The quantitative estimate of drug-likeness (QED) is 0.878. The molecule has 0 aliphatic carbocycles. The minimum atomic E-state index is -0.869. The summed E-state index contributed by atoms with van der Waals surface area (Å²) >= 11 is 0. The molecule has 0 radical (unpaired) electrons. The van der Waals surface area contributed by atoms with Crippen molar-refractivity contribution in [2.75, 3.05) is 5.32 Å². The van der Waals surface area contributed by atoms with Crippen LogP contribution < -0.4 is 5.32 Å². The van der Waals surface area contributed by atoms with Gasteiger partial charge in [0.05, 0.1) is 0 Å². The fraction of sp³-hybridized carbons (Fsp3) is 0.308. The number of hydrogen-bond donors (Lipinski definition) is 1. The molecule has 0 aliphatic heterocycles. The normalized spacial score (nSPS) is 10.6. The van der Waals surface area contributed by atoms with E-state index in [1.54, 1.807) is 6.20 Å². The van der Waals surface area contributed by atoms with Crippen LogP contribution in [-0.2, 0) is 6.54 Å². The minimum absolute atomic E-state index is 0.484. The van der Waals surface area contributed by atoms with E-state index < -0.39 is 11.6 Å². The summed E-state index contributed by atoms with van der Waals surface area (Å²) in [6, 6.07) is 3.70. The Morgan fingerprint density at radius 3 is 2.83 bits per heavy atom. The van der Waals surface area contributed by atoms with Crippen LogP contribution in [-0.4, -0.2) is 9.55 Å². The molecule has 0 saturated carbocycles. The third kappa shape index (κ3) is 2.85. The Bertz CT molecular complexity index is 523. The lowest BCUT2D eigenvalue weighted by molar-refractivity contribution is 0.509. The molecule has 2 aromatic rings. The van der Waals surface area contributed by atoms with Gasteiger partial charge in [-0.1, -0.05) is 13.3 Å². The molecule has 0 spiro atoms.